The van der Waals surface area contributed by atoms with Crippen LogP contribution >= 0.6 is 0 Å². The molecule has 0 amide bonds. The predicted molar refractivity (Wildman–Crippen MR) is 41.8 cm³/mol. The fraction of sp³-hybridized carbons (Fsp3) is 1.00. The lowest BCUT2D eigenvalue weighted by molar-refractivity contribution is -0.498. The number of rotatable bonds is 0. The zero-order chi connectivity index (χ0) is 7.17. The van der Waals surface area contributed by atoms with Crippen LogP contribution in [0.25, 0.3) is 0 Å². The lowest BCUT2D eigenvalue weighted by atomic mass is 9.08. The van der Waals surface area contributed by atoms with Crippen molar-refractivity contribution in [1.82, 2.24) is 0 Å². The van der Waals surface area contributed by atoms with Crippen molar-refractivity contribution >= 4 is 0 Å². The van der Waals surface area contributed by atoms with Crippen molar-refractivity contribution < 1.29 is 0 Å². The van der Waals surface area contributed by atoms with Crippen LogP contribution in [-0.4, -0.2) is 0 Å². The summed E-state index contributed by atoms with van der Waals surface area (Å²) >= 11 is 0. The maximum atomic E-state index is 2.59. The van der Waals surface area contributed by atoms with Crippen molar-refractivity contribution in [1.29, 1.82) is 0 Å². The molecule has 0 aromatic rings. The van der Waals surface area contributed by atoms with Crippen LogP contribution in [0.15, 0.2) is 0 Å². The molecule has 0 heteroatoms. The van der Waals surface area contributed by atoms with E-state index in [1.54, 1.807) is 6.42 Å². The minimum atomic E-state index is 0.889. The molecule has 0 heterocycles. The van der Waals surface area contributed by atoms with Crippen LogP contribution in [0.5, 0.6) is 0 Å². The van der Waals surface area contributed by atoms with Crippen molar-refractivity contribution in [3.05, 3.63) is 0 Å². The summed E-state index contributed by atoms with van der Waals surface area (Å²) in [7, 11) is 0. The lowest BCUT2D eigenvalue weighted by Crippen LogP contribution is -2.93. The zero-order valence-electron chi connectivity index (χ0n) is 7.17. The van der Waals surface area contributed by atoms with Crippen molar-refractivity contribution in [2.24, 2.45) is 46.3 Å². The van der Waals surface area contributed by atoms with Gasteiger partial charge >= 0.3 is 0 Å². The van der Waals surface area contributed by atoms with Crippen LogP contribution < -0.4 is 0 Å². The Bertz CT molecular complexity index is 253. The molecule has 0 saturated heterocycles. The van der Waals surface area contributed by atoms with E-state index >= 15 is 0 Å². The van der Waals surface area contributed by atoms with E-state index in [4.69, 9.17) is 0 Å². The van der Waals surface area contributed by atoms with Gasteiger partial charge in [-0.1, -0.05) is 13.8 Å². The first kappa shape index (κ1) is 4.89. The smallest absolute Gasteiger partial charge is 0.0198 e. The molecule has 0 aromatic carbocycles. The van der Waals surface area contributed by atoms with Gasteiger partial charge in [0.2, 0.25) is 0 Å². The van der Waals surface area contributed by atoms with E-state index in [1.165, 1.54) is 35.5 Å². The summed E-state index contributed by atoms with van der Waals surface area (Å²) in [6.07, 6.45) is 1.65. The van der Waals surface area contributed by atoms with Gasteiger partial charge in [-0.25, -0.2) is 0 Å². The highest BCUT2D eigenvalue weighted by atomic mass is 15.0. The van der Waals surface area contributed by atoms with Gasteiger partial charge in [-0.05, 0) is 52.8 Å². The third-order valence-corrected chi connectivity index (χ3v) is 7.09. The van der Waals surface area contributed by atoms with Gasteiger partial charge in [-0.15, -0.1) is 0 Å². The normalized spacial score (nSPS) is 96.5. The van der Waals surface area contributed by atoms with Crippen LogP contribution in [0.2, 0.25) is 0 Å². The second-order valence-corrected chi connectivity index (χ2v) is 6.23. The van der Waals surface area contributed by atoms with Crippen molar-refractivity contribution in [2.75, 3.05) is 0 Å². The molecule has 6 saturated carbocycles. The molecule has 0 aliphatic heterocycles. The van der Waals surface area contributed by atoms with Crippen molar-refractivity contribution in [2.45, 2.75) is 20.3 Å². The summed E-state index contributed by atoms with van der Waals surface area (Å²) in [5, 5.41) is 0. The van der Waals surface area contributed by atoms with Gasteiger partial charge in [0, 0.05) is 0 Å². The van der Waals surface area contributed by atoms with Crippen LogP contribution in [0.1, 0.15) is 20.3 Å². The number of hydrogen-bond donors (Lipinski definition) is 0. The van der Waals surface area contributed by atoms with E-state index in [9.17, 15) is 0 Å². The maximum Gasteiger partial charge on any atom is -0.0198 e. The van der Waals surface area contributed by atoms with Gasteiger partial charge in [0.1, 0.15) is 0 Å². The molecule has 2 bridgehead atoms. The molecule has 6 aliphatic rings. The molecular weight excluding hydrogens is 132 g/mol. The summed E-state index contributed by atoms with van der Waals surface area (Å²) in [4.78, 5) is 0. The topological polar surface area (TPSA) is 0 Å². The molecule has 6 fully saturated rings. The minimum Gasteiger partial charge on any atom is -0.0585 e. The average Bonchev–Trinajstić information content (AvgIpc) is 2.40. The largest absolute Gasteiger partial charge is 0.0585 e. The Morgan fingerprint density at radius 1 is 0.818 bits per heavy atom. The Kier molecular flexibility index (Phi) is 0.375. The second kappa shape index (κ2) is 0.843. The van der Waals surface area contributed by atoms with Crippen LogP contribution in [-0.2, 0) is 0 Å². The fourth-order valence-electron chi connectivity index (χ4n) is 7.13. The minimum absolute atomic E-state index is 0.889. The highest BCUT2D eigenvalue weighted by molar-refractivity contribution is 5.47. The van der Waals surface area contributed by atoms with Crippen molar-refractivity contribution in [3.63, 3.8) is 0 Å². The van der Waals surface area contributed by atoms with E-state index in [2.05, 4.69) is 13.8 Å². The molecule has 11 heavy (non-hydrogen) atoms. The Hall–Kier alpha value is 0. The van der Waals surface area contributed by atoms with Gasteiger partial charge in [0.15, 0.2) is 0 Å². The quantitative estimate of drug-likeness (QED) is 0.491. The second-order valence-electron chi connectivity index (χ2n) is 6.23. The summed E-state index contributed by atoms with van der Waals surface area (Å²) < 4.78 is 0. The Balaban J connectivity index is 1.89. The first-order valence-corrected chi connectivity index (χ1v) is 5.22. The molecule has 0 spiro atoms. The van der Waals surface area contributed by atoms with E-state index in [0.29, 0.717) is 0 Å². The Morgan fingerprint density at radius 2 is 1.18 bits per heavy atom. The summed E-state index contributed by atoms with van der Waals surface area (Å²) in [5.74, 6) is 7.39. The predicted octanol–water partition coefficient (Wildman–Crippen LogP) is 2.15. The van der Waals surface area contributed by atoms with E-state index < -0.39 is 0 Å². The first-order valence-electron chi connectivity index (χ1n) is 5.22. The van der Waals surface area contributed by atoms with E-state index in [1.807, 2.05) is 0 Å². The standard InChI is InChI=1S/C11H14/c1-10-6-4-3-5-8(6)11(10,2)9(5)7(4)10/h4-9H,3H2,1-2H3/t4?,5?,6-,7+,8+,9-,10?,11?. The monoisotopic (exact) mass is 146 g/mol. The third kappa shape index (κ3) is 0.172. The summed E-state index contributed by atoms with van der Waals surface area (Å²) in [5.41, 5.74) is 1.78. The molecule has 0 aromatic heterocycles. The zero-order valence-corrected chi connectivity index (χ0v) is 7.17. The molecule has 6 rings (SSSR count). The fourth-order valence-corrected chi connectivity index (χ4v) is 7.13. The average molecular weight is 146 g/mol. The highest BCUT2D eigenvalue weighted by Gasteiger charge is 3.00. The Labute approximate surface area is 67.4 Å². The lowest BCUT2D eigenvalue weighted by Gasteiger charge is -2.96. The molecule has 8 atom stereocenters. The molecule has 0 nitrogen and oxygen atoms in total. The first-order chi connectivity index (χ1) is 5.22. The summed E-state index contributed by atoms with van der Waals surface area (Å²) in [6, 6.07) is 0. The Morgan fingerprint density at radius 3 is 1.55 bits per heavy atom. The van der Waals surface area contributed by atoms with Gasteiger partial charge in [0.05, 0.1) is 0 Å². The molecule has 6 aliphatic carbocycles. The highest BCUT2D eigenvalue weighted by Crippen LogP contribution is 3.04. The molecule has 0 N–H and O–H groups in total. The summed E-state index contributed by atoms with van der Waals surface area (Å²) in [6.45, 7) is 5.18. The van der Waals surface area contributed by atoms with E-state index in [0.717, 1.165) is 10.8 Å². The van der Waals surface area contributed by atoms with Gasteiger partial charge in [0.25, 0.3) is 0 Å². The maximum absolute atomic E-state index is 2.59. The SMILES string of the molecule is CC12[C@@H]3C4CC5[C@H]([C@H]41)C2(C)[C@@H]53. The van der Waals surface area contributed by atoms with Gasteiger partial charge in [-0.2, -0.15) is 0 Å². The van der Waals surface area contributed by atoms with Crippen LogP contribution in [0.3, 0.4) is 0 Å². The molecule has 0 radical (unpaired) electrons. The van der Waals surface area contributed by atoms with E-state index in [-0.39, 0.29) is 0 Å². The molecule has 58 valence electrons. The number of hydrogen-bond acceptors (Lipinski definition) is 0. The molecule has 4 unspecified atom stereocenters. The van der Waals surface area contributed by atoms with Crippen molar-refractivity contribution in [3.8, 4) is 0 Å². The van der Waals surface area contributed by atoms with Crippen LogP contribution in [0.4, 0.5) is 0 Å². The van der Waals surface area contributed by atoms with Gasteiger partial charge < -0.3 is 0 Å². The van der Waals surface area contributed by atoms with Gasteiger partial charge in [-0.3, -0.25) is 0 Å². The molecular formula is C11H14. The van der Waals surface area contributed by atoms with Crippen LogP contribution in [0, 0.1) is 46.3 Å². The third-order valence-electron chi connectivity index (χ3n) is 7.09.